The van der Waals surface area contributed by atoms with Crippen LogP contribution in [0.5, 0.6) is 5.75 Å². The van der Waals surface area contributed by atoms with Crippen molar-refractivity contribution in [3.63, 3.8) is 0 Å². The van der Waals surface area contributed by atoms with Crippen LogP contribution in [-0.4, -0.2) is 5.11 Å². The molecule has 1 rings (SSSR count). The number of phenolic OH excluding ortho intramolecular Hbond substituents is 1. The number of nitrogens with two attached hydrogens (primary N) is 1. The van der Waals surface area contributed by atoms with E-state index in [-0.39, 0.29) is 17.7 Å². The summed E-state index contributed by atoms with van der Waals surface area (Å²) >= 11 is 0. The Bertz CT molecular complexity index is 299. The largest absolute Gasteiger partial charge is 0.505 e. The van der Waals surface area contributed by atoms with E-state index in [2.05, 4.69) is 0 Å². The zero-order valence-corrected chi connectivity index (χ0v) is 7.79. The first-order valence-corrected chi connectivity index (χ1v) is 4.26. The summed E-state index contributed by atoms with van der Waals surface area (Å²) in [4.78, 5) is 0. The Balaban J connectivity index is 2.97. The maximum absolute atomic E-state index is 12.9. The molecule has 72 valence electrons. The van der Waals surface area contributed by atoms with Crippen molar-refractivity contribution in [1.82, 2.24) is 0 Å². The molecule has 0 amide bonds. The molecule has 0 saturated carbocycles. The Labute approximate surface area is 77.2 Å². The van der Waals surface area contributed by atoms with E-state index in [1.807, 2.05) is 13.8 Å². The van der Waals surface area contributed by atoms with Gasteiger partial charge >= 0.3 is 0 Å². The summed E-state index contributed by atoms with van der Waals surface area (Å²) in [5.41, 5.74) is 6.52. The first kappa shape index (κ1) is 9.99. The molecule has 0 bridgehead atoms. The SMILES string of the molecule is CC(C)C(N)c1ccc(O)c(F)c1. The van der Waals surface area contributed by atoms with E-state index in [0.717, 1.165) is 0 Å². The normalized spacial score (nSPS) is 13.3. The average molecular weight is 183 g/mol. The average Bonchev–Trinajstić information content (AvgIpc) is 2.08. The van der Waals surface area contributed by atoms with Crippen molar-refractivity contribution < 1.29 is 9.50 Å². The highest BCUT2D eigenvalue weighted by molar-refractivity contribution is 5.29. The van der Waals surface area contributed by atoms with Crippen LogP contribution in [0, 0.1) is 11.7 Å². The second-order valence-electron chi connectivity index (χ2n) is 3.48. The molecule has 2 nitrogen and oxygen atoms in total. The molecule has 0 spiro atoms. The highest BCUT2D eigenvalue weighted by atomic mass is 19.1. The number of hydrogen-bond donors (Lipinski definition) is 2. The van der Waals surface area contributed by atoms with Crippen molar-refractivity contribution in [3.8, 4) is 5.75 Å². The standard InChI is InChI=1S/C10H14FNO/c1-6(2)10(12)7-3-4-9(13)8(11)5-7/h3-6,10,13H,12H2,1-2H3. The minimum Gasteiger partial charge on any atom is -0.505 e. The highest BCUT2D eigenvalue weighted by Crippen LogP contribution is 2.23. The highest BCUT2D eigenvalue weighted by Gasteiger charge is 2.12. The topological polar surface area (TPSA) is 46.2 Å². The molecule has 0 radical (unpaired) electrons. The van der Waals surface area contributed by atoms with Gasteiger partial charge in [-0.1, -0.05) is 19.9 Å². The molecule has 0 aliphatic heterocycles. The molecule has 0 fully saturated rings. The first-order chi connectivity index (χ1) is 6.02. The van der Waals surface area contributed by atoms with Gasteiger partial charge in [-0.25, -0.2) is 4.39 Å². The fourth-order valence-corrected chi connectivity index (χ4v) is 1.12. The van der Waals surface area contributed by atoms with Gasteiger partial charge in [-0.2, -0.15) is 0 Å². The van der Waals surface area contributed by atoms with Gasteiger partial charge in [0.05, 0.1) is 0 Å². The molecule has 1 aromatic carbocycles. The molecular weight excluding hydrogens is 169 g/mol. The van der Waals surface area contributed by atoms with Crippen LogP contribution in [0.4, 0.5) is 4.39 Å². The zero-order valence-electron chi connectivity index (χ0n) is 7.79. The molecule has 0 aliphatic carbocycles. The van der Waals surface area contributed by atoms with E-state index in [4.69, 9.17) is 10.8 Å². The summed E-state index contributed by atoms with van der Waals surface area (Å²) in [5.74, 6) is -0.697. The van der Waals surface area contributed by atoms with Crippen LogP contribution in [0.1, 0.15) is 25.5 Å². The second-order valence-corrected chi connectivity index (χ2v) is 3.48. The van der Waals surface area contributed by atoms with Crippen molar-refractivity contribution in [2.24, 2.45) is 11.7 Å². The van der Waals surface area contributed by atoms with E-state index < -0.39 is 5.82 Å². The van der Waals surface area contributed by atoms with Crippen LogP contribution in [0.2, 0.25) is 0 Å². The van der Waals surface area contributed by atoms with Gasteiger partial charge in [0, 0.05) is 6.04 Å². The van der Waals surface area contributed by atoms with Crippen LogP contribution >= 0.6 is 0 Å². The van der Waals surface area contributed by atoms with Gasteiger partial charge < -0.3 is 10.8 Å². The second kappa shape index (κ2) is 3.75. The molecule has 3 heteroatoms. The number of benzene rings is 1. The number of halogens is 1. The number of phenols is 1. The third kappa shape index (κ3) is 2.18. The number of hydrogen-bond acceptors (Lipinski definition) is 2. The van der Waals surface area contributed by atoms with Gasteiger partial charge in [0.25, 0.3) is 0 Å². The van der Waals surface area contributed by atoms with Crippen LogP contribution in [-0.2, 0) is 0 Å². The smallest absolute Gasteiger partial charge is 0.165 e. The molecule has 1 unspecified atom stereocenters. The molecular formula is C10H14FNO. The Morgan fingerprint density at radius 2 is 2.00 bits per heavy atom. The van der Waals surface area contributed by atoms with Crippen molar-refractivity contribution in [1.29, 1.82) is 0 Å². The maximum Gasteiger partial charge on any atom is 0.165 e. The predicted molar refractivity (Wildman–Crippen MR) is 49.8 cm³/mol. The van der Waals surface area contributed by atoms with Crippen molar-refractivity contribution in [2.45, 2.75) is 19.9 Å². The Morgan fingerprint density at radius 3 is 2.46 bits per heavy atom. The Kier molecular flexibility index (Phi) is 2.88. The summed E-state index contributed by atoms with van der Waals surface area (Å²) in [6.07, 6.45) is 0. The molecule has 13 heavy (non-hydrogen) atoms. The number of rotatable bonds is 2. The van der Waals surface area contributed by atoms with Gasteiger partial charge in [0.1, 0.15) is 0 Å². The van der Waals surface area contributed by atoms with Crippen molar-refractivity contribution >= 4 is 0 Å². The Morgan fingerprint density at radius 1 is 1.38 bits per heavy atom. The van der Waals surface area contributed by atoms with E-state index in [1.54, 1.807) is 6.07 Å². The summed E-state index contributed by atoms with van der Waals surface area (Å²) in [6.45, 7) is 3.94. The van der Waals surface area contributed by atoms with E-state index in [1.165, 1.54) is 12.1 Å². The third-order valence-corrected chi connectivity index (χ3v) is 2.07. The lowest BCUT2D eigenvalue weighted by Crippen LogP contribution is -2.16. The summed E-state index contributed by atoms with van der Waals surface area (Å²) in [6, 6.07) is 4.06. The predicted octanol–water partition coefficient (Wildman–Crippen LogP) is 2.19. The minimum absolute atomic E-state index is 0.185. The summed E-state index contributed by atoms with van der Waals surface area (Å²) in [7, 11) is 0. The summed E-state index contributed by atoms with van der Waals surface area (Å²) < 4.78 is 12.9. The fourth-order valence-electron chi connectivity index (χ4n) is 1.12. The molecule has 0 aliphatic rings. The molecule has 1 aromatic rings. The minimum atomic E-state index is -0.617. The van der Waals surface area contributed by atoms with Gasteiger partial charge in [-0.15, -0.1) is 0 Å². The zero-order chi connectivity index (χ0) is 10.0. The van der Waals surface area contributed by atoms with Crippen LogP contribution < -0.4 is 5.73 Å². The van der Waals surface area contributed by atoms with Gasteiger partial charge in [-0.05, 0) is 23.6 Å². The molecule has 0 saturated heterocycles. The fraction of sp³-hybridized carbons (Fsp3) is 0.400. The van der Waals surface area contributed by atoms with Crippen molar-refractivity contribution in [3.05, 3.63) is 29.6 Å². The van der Waals surface area contributed by atoms with Gasteiger partial charge in [0.2, 0.25) is 0 Å². The Hall–Kier alpha value is -1.09. The maximum atomic E-state index is 12.9. The quantitative estimate of drug-likeness (QED) is 0.738. The van der Waals surface area contributed by atoms with Crippen molar-refractivity contribution in [2.75, 3.05) is 0 Å². The van der Waals surface area contributed by atoms with E-state index in [9.17, 15) is 4.39 Å². The first-order valence-electron chi connectivity index (χ1n) is 4.26. The van der Waals surface area contributed by atoms with E-state index >= 15 is 0 Å². The molecule has 0 aromatic heterocycles. The third-order valence-electron chi connectivity index (χ3n) is 2.07. The molecule has 0 heterocycles. The van der Waals surface area contributed by atoms with Crippen LogP contribution in [0.15, 0.2) is 18.2 Å². The van der Waals surface area contributed by atoms with E-state index in [0.29, 0.717) is 5.56 Å². The van der Waals surface area contributed by atoms with Gasteiger partial charge in [-0.3, -0.25) is 0 Å². The lowest BCUT2D eigenvalue weighted by Gasteiger charge is -2.15. The van der Waals surface area contributed by atoms with Gasteiger partial charge in [0.15, 0.2) is 11.6 Å². The van der Waals surface area contributed by atoms with Crippen LogP contribution in [0.3, 0.4) is 0 Å². The van der Waals surface area contributed by atoms with Crippen LogP contribution in [0.25, 0.3) is 0 Å². The number of aromatic hydroxyl groups is 1. The molecule has 3 N–H and O–H groups in total. The lowest BCUT2D eigenvalue weighted by atomic mass is 9.97. The molecule has 1 atom stereocenters. The summed E-state index contributed by atoms with van der Waals surface area (Å²) in [5, 5.41) is 8.95. The monoisotopic (exact) mass is 183 g/mol. The lowest BCUT2D eigenvalue weighted by molar-refractivity contribution is 0.429.